The molecule has 2 heterocycles. The molecule has 1 atom stereocenters. The quantitative estimate of drug-likeness (QED) is 0.898. The summed E-state index contributed by atoms with van der Waals surface area (Å²) in [5.74, 6) is 0. The van der Waals surface area contributed by atoms with Crippen molar-refractivity contribution in [2.45, 2.75) is 43.7 Å². The van der Waals surface area contributed by atoms with Crippen LogP contribution >= 0.6 is 27.3 Å². The van der Waals surface area contributed by atoms with Gasteiger partial charge >= 0.3 is 0 Å². The van der Waals surface area contributed by atoms with Crippen LogP contribution in [0.3, 0.4) is 0 Å². The lowest BCUT2D eigenvalue weighted by Gasteiger charge is -2.47. The summed E-state index contributed by atoms with van der Waals surface area (Å²) in [5.41, 5.74) is 6.90. The fourth-order valence-electron chi connectivity index (χ4n) is 3.79. The van der Waals surface area contributed by atoms with Gasteiger partial charge in [0.25, 0.3) is 0 Å². The summed E-state index contributed by atoms with van der Waals surface area (Å²) in [4.78, 5) is 4.01. The Morgan fingerprint density at radius 2 is 2.05 bits per heavy atom. The number of nitrogens with zero attached hydrogens (tertiary/aromatic N) is 1. The van der Waals surface area contributed by atoms with Gasteiger partial charge in [-0.15, -0.1) is 11.3 Å². The van der Waals surface area contributed by atoms with E-state index in [0.717, 1.165) is 32.7 Å². The van der Waals surface area contributed by atoms with Crippen molar-refractivity contribution in [3.05, 3.63) is 20.8 Å². The Hall–Kier alpha value is 0.0600. The maximum absolute atomic E-state index is 6.69. The molecule has 1 aromatic rings. The van der Waals surface area contributed by atoms with Crippen LogP contribution in [0.5, 0.6) is 0 Å². The molecule has 112 valence electrons. The van der Waals surface area contributed by atoms with E-state index in [1.807, 2.05) is 11.3 Å². The second-order valence-corrected chi connectivity index (χ2v) is 7.86. The Morgan fingerprint density at radius 1 is 1.35 bits per heavy atom. The highest BCUT2D eigenvalue weighted by molar-refractivity contribution is 9.10. The van der Waals surface area contributed by atoms with Crippen LogP contribution in [0.2, 0.25) is 0 Å². The van der Waals surface area contributed by atoms with Crippen LogP contribution < -0.4 is 5.73 Å². The van der Waals surface area contributed by atoms with Crippen LogP contribution in [-0.2, 0) is 11.2 Å². The molecule has 0 amide bonds. The topological polar surface area (TPSA) is 38.5 Å². The number of ether oxygens (including phenoxy) is 1. The van der Waals surface area contributed by atoms with Crippen molar-refractivity contribution in [3.63, 3.8) is 0 Å². The molecule has 0 aromatic carbocycles. The molecule has 0 radical (unpaired) electrons. The summed E-state index contributed by atoms with van der Waals surface area (Å²) >= 11 is 5.35. The first-order chi connectivity index (χ1) is 9.71. The van der Waals surface area contributed by atoms with Gasteiger partial charge in [0.1, 0.15) is 0 Å². The fourth-order valence-corrected chi connectivity index (χ4v) is 5.30. The lowest BCUT2D eigenvalue weighted by atomic mass is 9.84. The molecule has 20 heavy (non-hydrogen) atoms. The minimum absolute atomic E-state index is 0.209. The second-order valence-electron chi connectivity index (χ2n) is 5.95. The molecule has 0 spiro atoms. The smallest absolute Gasteiger partial charge is 0.0594 e. The Labute approximate surface area is 133 Å². The predicted molar refractivity (Wildman–Crippen MR) is 87.3 cm³/mol. The van der Waals surface area contributed by atoms with E-state index in [1.165, 1.54) is 35.0 Å². The average molecular weight is 359 g/mol. The second kappa shape index (κ2) is 6.44. The normalized spacial score (nSPS) is 24.9. The van der Waals surface area contributed by atoms with Crippen molar-refractivity contribution in [3.8, 4) is 0 Å². The van der Waals surface area contributed by atoms with E-state index in [0.29, 0.717) is 0 Å². The molecule has 0 bridgehead atoms. The molecule has 1 aliphatic heterocycles. The van der Waals surface area contributed by atoms with E-state index in [4.69, 9.17) is 10.5 Å². The Kier molecular flexibility index (Phi) is 4.82. The van der Waals surface area contributed by atoms with Gasteiger partial charge in [-0.05, 0) is 41.3 Å². The van der Waals surface area contributed by atoms with Gasteiger partial charge in [0, 0.05) is 39.4 Å². The Bertz CT molecular complexity index is 439. The first-order valence-corrected chi connectivity index (χ1v) is 9.19. The van der Waals surface area contributed by atoms with Crippen molar-refractivity contribution in [1.82, 2.24) is 4.90 Å². The molecule has 1 saturated heterocycles. The SMILES string of the molecule is NC(Cc1cc(Br)cs1)C1(N2CCOCC2)CCCC1. The van der Waals surface area contributed by atoms with Gasteiger partial charge in [0.05, 0.1) is 13.2 Å². The van der Waals surface area contributed by atoms with E-state index in [1.54, 1.807) is 0 Å². The molecule has 2 fully saturated rings. The van der Waals surface area contributed by atoms with Crippen LogP contribution in [-0.4, -0.2) is 42.8 Å². The van der Waals surface area contributed by atoms with Gasteiger partial charge in [-0.3, -0.25) is 4.90 Å². The number of rotatable bonds is 4. The summed E-state index contributed by atoms with van der Waals surface area (Å²) in [7, 11) is 0. The minimum Gasteiger partial charge on any atom is -0.379 e. The van der Waals surface area contributed by atoms with Crippen LogP contribution in [0.15, 0.2) is 15.9 Å². The van der Waals surface area contributed by atoms with Crippen LogP contribution in [0.4, 0.5) is 0 Å². The average Bonchev–Trinajstić information content (AvgIpc) is 3.10. The molecule has 2 N–H and O–H groups in total. The molecule has 1 aromatic heterocycles. The van der Waals surface area contributed by atoms with Gasteiger partial charge in [-0.2, -0.15) is 0 Å². The molecule has 2 aliphatic rings. The highest BCUT2D eigenvalue weighted by Gasteiger charge is 2.44. The lowest BCUT2D eigenvalue weighted by Crippen LogP contribution is -2.61. The largest absolute Gasteiger partial charge is 0.379 e. The van der Waals surface area contributed by atoms with Crippen molar-refractivity contribution < 1.29 is 4.74 Å². The third-order valence-electron chi connectivity index (χ3n) is 4.84. The van der Waals surface area contributed by atoms with Crippen LogP contribution in [0.1, 0.15) is 30.6 Å². The Morgan fingerprint density at radius 3 is 2.65 bits per heavy atom. The van der Waals surface area contributed by atoms with Gasteiger partial charge in [0.15, 0.2) is 0 Å². The van der Waals surface area contributed by atoms with Crippen molar-refractivity contribution >= 4 is 27.3 Å². The van der Waals surface area contributed by atoms with Crippen LogP contribution in [0, 0.1) is 0 Å². The maximum atomic E-state index is 6.69. The molecule has 1 aliphatic carbocycles. The van der Waals surface area contributed by atoms with E-state index in [9.17, 15) is 0 Å². The summed E-state index contributed by atoms with van der Waals surface area (Å²) in [6.07, 6.45) is 6.13. The number of nitrogens with two attached hydrogens (primary N) is 1. The first-order valence-electron chi connectivity index (χ1n) is 7.52. The molecular weight excluding hydrogens is 336 g/mol. The van der Waals surface area contributed by atoms with E-state index in [-0.39, 0.29) is 11.6 Å². The standard InChI is InChI=1S/C15H23BrN2OS/c16-12-9-13(20-11-12)10-14(17)15(3-1-2-4-15)18-5-7-19-8-6-18/h9,11,14H,1-8,10,17H2. The van der Waals surface area contributed by atoms with E-state index in [2.05, 4.69) is 32.3 Å². The fraction of sp³-hybridized carbons (Fsp3) is 0.733. The predicted octanol–water partition coefficient (Wildman–Crippen LogP) is 3.03. The number of hydrogen-bond acceptors (Lipinski definition) is 4. The Balaban J connectivity index is 1.75. The number of morpholine rings is 1. The third-order valence-corrected chi connectivity index (χ3v) is 6.56. The van der Waals surface area contributed by atoms with E-state index < -0.39 is 0 Å². The van der Waals surface area contributed by atoms with Gasteiger partial charge in [0.2, 0.25) is 0 Å². The molecule has 3 nitrogen and oxygen atoms in total. The number of halogens is 1. The zero-order chi connectivity index (χ0) is 14.0. The third kappa shape index (κ3) is 2.97. The van der Waals surface area contributed by atoms with Crippen molar-refractivity contribution in [1.29, 1.82) is 0 Å². The number of thiophene rings is 1. The summed E-state index contributed by atoms with van der Waals surface area (Å²) in [5, 5.41) is 2.15. The zero-order valence-corrected chi connectivity index (χ0v) is 14.2. The molecule has 5 heteroatoms. The highest BCUT2D eigenvalue weighted by Crippen LogP contribution is 2.39. The summed E-state index contributed by atoms with van der Waals surface area (Å²) in [6.45, 7) is 3.81. The first kappa shape index (κ1) is 15.0. The lowest BCUT2D eigenvalue weighted by molar-refractivity contribution is -0.0305. The van der Waals surface area contributed by atoms with E-state index >= 15 is 0 Å². The van der Waals surface area contributed by atoms with Crippen molar-refractivity contribution in [2.24, 2.45) is 5.73 Å². The summed E-state index contributed by atoms with van der Waals surface area (Å²) in [6, 6.07) is 2.45. The molecular formula is C15H23BrN2OS. The van der Waals surface area contributed by atoms with Gasteiger partial charge in [-0.25, -0.2) is 0 Å². The highest BCUT2D eigenvalue weighted by atomic mass is 79.9. The minimum atomic E-state index is 0.209. The molecule has 3 rings (SSSR count). The van der Waals surface area contributed by atoms with Gasteiger partial charge in [-0.1, -0.05) is 12.8 Å². The maximum Gasteiger partial charge on any atom is 0.0594 e. The molecule has 1 saturated carbocycles. The monoisotopic (exact) mass is 358 g/mol. The molecule has 1 unspecified atom stereocenters. The summed E-state index contributed by atoms with van der Waals surface area (Å²) < 4.78 is 6.70. The van der Waals surface area contributed by atoms with Crippen molar-refractivity contribution in [2.75, 3.05) is 26.3 Å². The van der Waals surface area contributed by atoms with Crippen LogP contribution in [0.25, 0.3) is 0 Å². The van der Waals surface area contributed by atoms with Gasteiger partial charge < -0.3 is 10.5 Å². The number of hydrogen-bond donors (Lipinski definition) is 1. The zero-order valence-electron chi connectivity index (χ0n) is 11.8.